The third kappa shape index (κ3) is 4.70. The van der Waals surface area contributed by atoms with Gasteiger partial charge in [0, 0.05) is 0 Å². The smallest absolute Gasteiger partial charge is 0.343 e. The molecule has 3 rings (SSSR count). The first kappa shape index (κ1) is 19.9. The standard InChI is InChI=1S/C20H20N4O5/c21-20(22)24-13-6-7-14-12(11-13)3-2-10-28-17-15(18(26)23-8-9-25)4-1-5-16(17)29-19(14)27/h1,4-7,9,11H,2-3,8,10H2,(H,23,26)(H4,21,22,24). The number of hydrogen-bond donors (Lipinski definition) is 3. The molecule has 1 heterocycles. The van der Waals surface area contributed by atoms with Crippen LogP contribution in [0, 0.1) is 0 Å². The van der Waals surface area contributed by atoms with Crippen LogP contribution in [0.15, 0.2) is 41.4 Å². The number of amides is 1. The van der Waals surface area contributed by atoms with Crippen LogP contribution < -0.4 is 26.3 Å². The summed E-state index contributed by atoms with van der Waals surface area (Å²) in [6, 6.07) is 9.59. The lowest BCUT2D eigenvalue weighted by Crippen LogP contribution is -2.26. The first-order chi connectivity index (χ1) is 14.0. The fraction of sp³-hybridized carbons (Fsp3) is 0.200. The zero-order chi connectivity index (χ0) is 20.8. The molecule has 5 N–H and O–H groups in total. The highest BCUT2D eigenvalue weighted by Gasteiger charge is 2.22. The van der Waals surface area contributed by atoms with Crippen LogP contribution in [-0.2, 0) is 11.2 Å². The van der Waals surface area contributed by atoms with Crippen molar-refractivity contribution >= 4 is 29.8 Å². The number of ether oxygens (including phenoxy) is 2. The predicted octanol–water partition coefficient (Wildman–Crippen LogP) is 1.06. The molecule has 0 aliphatic carbocycles. The van der Waals surface area contributed by atoms with Gasteiger partial charge < -0.3 is 31.1 Å². The molecular weight excluding hydrogens is 376 g/mol. The van der Waals surface area contributed by atoms with E-state index in [0.29, 0.717) is 30.4 Å². The van der Waals surface area contributed by atoms with Gasteiger partial charge in [-0.2, -0.15) is 0 Å². The lowest BCUT2D eigenvalue weighted by molar-refractivity contribution is -0.107. The van der Waals surface area contributed by atoms with Gasteiger partial charge in [-0.05, 0) is 48.7 Å². The maximum Gasteiger partial charge on any atom is 0.343 e. The number of nitrogens with zero attached hydrogens (tertiary/aromatic N) is 1. The maximum atomic E-state index is 12.8. The average molecular weight is 396 g/mol. The first-order valence-corrected chi connectivity index (χ1v) is 8.92. The summed E-state index contributed by atoms with van der Waals surface area (Å²) >= 11 is 0. The summed E-state index contributed by atoms with van der Waals surface area (Å²) in [5.41, 5.74) is 12.6. The lowest BCUT2D eigenvalue weighted by Gasteiger charge is -2.18. The van der Waals surface area contributed by atoms with Gasteiger partial charge in [0.1, 0.15) is 6.29 Å². The van der Waals surface area contributed by atoms with Crippen LogP contribution in [0.3, 0.4) is 0 Å². The number of para-hydroxylation sites is 1. The largest absolute Gasteiger partial charge is 0.489 e. The molecule has 2 aromatic carbocycles. The van der Waals surface area contributed by atoms with Crippen molar-refractivity contribution in [2.24, 2.45) is 16.5 Å². The molecule has 1 aliphatic rings. The van der Waals surface area contributed by atoms with Crippen LogP contribution in [-0.4, -0.2) is 37.3 Å². The molecule has 0 radical (unpaired) electrons. The number of fused-ring (bicyclic) bond motifs is 2. The van der Waals surface area contributed by atoms with Crippen molar-refractivity contribution in [3.05, 3.63) is 53.1 Å². The summed E-state index contributed by atoms with van der Waals surface area (Å²) in [7, 11) is 0. The van der Waals surface area contributed by atoms with Crippen LogP contribution in [0.2, 0.25) is 0 Å². The van der Waals surface area contributed by atoms with E-state index in [9.17, 15) is 14.4 Å². The Hall–Kier alpha value is -3.88. The second-order valence-corrected chi connectivity index (χ2v) is 6.23. The first-order valence-electron chi connectivity index (χ1n) is 8.92. The monoisotopic (exact) mass is 396 g/mol. The molecule has 0 atom stereocenters. The minimum atomic E-state index is -0.589. The number of aldehydes is 1. The van der Waals surface area contributed by atoms with Crippen molar-refractivity contribution in [1.29, 1.82) is 0 Å². The second kappa shape index (κ2) is 8.87. The number of aryl methyl sites for hydroxylation is 1. The van der Waals surface area contributed by atoms with Gasteiger partial charge in [0.25, 0.3) is 5.91 Å². The highest BCUT2D eigenvalue weighted by Crippen LogP contribution is 2.33. The normalized spacial score (nSPS) is 13.0. The number of nitrogens with one attached hydrogen (secondary N) is 1. The molecule has 29 heavy (non-hydrogen) atoms. The zero-order valence-electron chi connectivity index (χ0n) is 15.5. The van der Waals surface area contributed by atoms with Crippen LogP contribution in [0.25, 0.3) is 0 Å². The molecule has 9 nitrogen and oxygen atoms in total. The van der Waals surface area contributed by atoms with Gasteiger partial charge in [-0.25, -0.2) is 9.79 Å². The van der Waals surface area contributed by atoms with Crippen molar-refractivity contribution < 1.29 is 23.9 Å². The Morgan fingerprint density at radius 1 is 1.24 bits per heavy atom. The molecule has 0 fully saturated rings. The number of guanidine groups is 1. The molecule has 1 amide bonds. The quantitative estimate of drug-likeness (QED) is 0.230. The number of carbonyl (C=O) groups excluding carboxylic acids is 3. The van der Waals surface area contributed by atoms with Crippen molar-refractivity contribution in [1.82, 2.24) is 5.32 Å². The number of benzene rings is 2. The fourth-order valence-corrected chi connectivity index (χ4v) is 2.95. The number of hydrogen-bond acceptors (Lipinski definition) is 6. The minimum Gasteiger partial charge on any atom is -0.489 e. The van der Waals surface area contributed by atoms with E-state index in [1.807, 2.05) is 0 Å². The van der Waals surface area contributed by atoms with Crippen LogP contribution in [0.5, 0.6) is 11.5 Å². The minimum absolute atomic E-state index is 0.0787. The Labute approximate surface area is 166 Å². The van der Waals surface area contributed by atoms with Crippen LogP contribution >= 0.6 is 0 Å². The fourth-order valence-electron chi connectivity index (χ4n) is 2.95. The number of carbonyl (C=O) groups is 3. The maximum absolute atomic E-state index is 12.8. The Morgan fingerprint density at radius 2 is 2.07 bits per heavy atom. The molecule has 0 aromatic heterocycles. The van der Waals surface area contributed by atoms with E-state index in [0.717, 1.165) is 5.56 Å². The molecule has 0 unspecified atom stereocenters. The van der Waals surface area contributed by atoms with E-state index in [1.165, 1.54) is 6.07 Å². The van der Waals surface area contributed by atoms with Crippen molar-refractivity contribution in [2.45, 2.75) is 12.8 Å². The van der Waals surface area contributed by atoms with Crippen molar-refractivity contribution in [3.8, 4) is 11.5 Å². The molecule has 0 saturated carbocycles. The van der Waals surface area contributed by atoms with Crippen LogP contribution in [0.4, 0.5) is 5.69 Å². The third-order valence-electron chi connectivity index (χ3n) is 4.18. The predicted molar refractivity (Wildman–Crippen MR) is 106 cm³/mol. The van der Waals surface area contributed by atoms with Crippen molar-refractivity contribution in [2.75, 3.05) is 13.2 Å². The molecule has 150 valence electrons. The average Bonchev–Trinajstić information content (AvgIpc) is 2.69. The second-order valence-electron chi connectivity index (χ2n) is 6.23. The number of nitrogens with two attached hydrogens (primary N) is 2. The Kier molecular flexibility index (Phi) is 6.08. The van der Waals surface area contributed by atoms with E-state index in [-0.39, 0.29) is 36.2 Å². The summed E-state index contributed by atoms with van der Waals surface area (Å²) in [6.45, 7) is 0.155. The summed E-state index contributed by atoms with van der Waals surface area (Å²) < 4.78 is 11.3. The molecule has 9 heteroatoms. The van der Waals surface area contributed by atoms with Gasteiger partial charge in [0.2, 0.25) is 0 Å². The molecule has 1 aliphatic heterocycles. The molecule has 0 saturated heterocycles. The Bertz CT molecular complexity index is 983. The van der Waals surface area contributed by atoms with E-state index in [2.05, 4.69) is 10.3 Å². The van der Waals surface area contributed by atoms with Gasteiger partial charge >= 0.3 is 5.97 Å². The van der Waals surface area contributed by atoms with Gasteiger partial charge in [0.05, 0.1) is 30.0 Å². The van der Waals surface area contributed by atoms with E-state index >= 15 is 0 Å². The topological polar surface area (TPSA) is 146 Å². The van der Waals surface area contributed by atoms with Crippen LogP contribution in [0.1, 0.15) is 32.7 Å². The summed E-state index contributed by atoms with van der Waals surface area (Å²) in [6.07, 6.45) is 1.68. The number of rotatable bonds is 4. The molecular formula is C20H20N4O5. The van der Waals surface area contributed by atoms with Crippen molar-refractivity contribution in [3.63, 3.8) is 0 Å². The number of esters is 1. The molecule has 2 aromatic rings. The van der Waals surface area contributed by atoms with E-state index < -0.39 is 11.9 Å². The highest BCUT2D eigenvalue weighted by molar-refractivity contribution is 5.99. The summed E-state index contributed by atoms with van der Waals surface area (Å²) in [5, 5.41) is 2.45. The van der Waals surface area contributed by atoms with E-state index in [1.54, 1.807) is 30.3 Å². The Balaban J connectivity index is 1.96. The van der Waals surface area contributed by atoms with Gasteiger partial charge in [-0.15, -0.1) is 0 Å². The lowest BCUT2D eigenvalue weighted by atomic mass is 10.0. The molecule has 0 spiro atoms. The number of aliphatic imine (C=N–C) groups is 1. The Morgan fingerprint density at radius 3 is 2.83 bits per heavy atom. The SMILES string of the molecule is NC(N)=Nc1ccc2c(c1)CCCOc1c(cccc1C(=O)NCC=O)OC2=O. The van der Waals surface area contributed by atoms with Gasteiger partial charge in [-0.1, -0.05) is 6.07 Å². The van der Waals surface area contributed by atoms with Gasteiger partial charge in [-0.3, -0.25) is 4.79 Å². The summed E-state index contributed by atoms with van der Waals surface area (Å²) in [5.74, 6) is -0.887. The summed E-state index contributed by atoms with van der Waals surface area (Å²) in [4.78, 5) is 39.6. The molecule has 0 bridgehead atoms. The third-order valence-corrected chi connectivity index (χ3v) is 4.18. The zero-order valence-corrected chi connectivity index (χ0v) is 15.5. The highest BCUT2D eigenvalue weighted by atomic mass is 16.6. The van der Waals surface area contributed by atoms with Gasteiger partial charge in [0.15, 0.2) is 17.5 Å². The van der Waals surface area contributed by atoms with E-state index in [4.69, 9.17) is 20.9 Å².